The number of esters is 1. The Kier molecular flexibility index (Phi) is 44.2. The summed E-state index contributed by atoms with van der Waals surface area (Å²) in [6.07, 6.45) is 54.1. The summed E-state index contributed by atoms with van der Waals surface area (Å²) in [5, 5.41) is 23.0. The van der Waals surface area contributed by atoms with Gasteiger partial charge in [0.1, 0.15) is 0 Å². The summed E-state index contributed by atoms with van der Waals surface area (Å²) in [6, 6.07) is -0.645. The van der Waals surface area contributed by atoms with Crippen LogP contribution in [0, 0.1) is 0 Å². The molecule has 6 heteroatoms. The van der Waals surface area contributed by atoms with Gasteiger partial charge in [0, 0.05) is 12.8 Å². The van der Waals surface area contributed by atoms with Crippen LogP contribution in [0.2, 0.25) is 0 Å². The lowest BCUT2D eigenvalue weighted by molar-refractivity contribution is -0.143. The molecule has 0 bridgehead atoms. The zero-order valence-electron chi connectivity index (χ0n) is 37.1. The summed E-state index contributed by atoms with van der Waals surface area (Å²) < 4.78 is 5.44. The largest absolute Gasteiger partial charge is 0.466 e. The normalized spacial score (nSPS) is 13.0. The van der Waals surface area contributed by atoms with E-state index < -0.39 is 12.1 Å². The minimum atomic E-state index is -0.859. The van der Waals surface area contributed by atoms with Gasteiger partial charge in [0.05, 0.1) is 25.4 Å². The average Bonchev–Trinajstić information content (AvgIpc) is 3.20. The van der Waals surface area contributed by atoms with Crippen molar-refractivity contribution in [3.63, 3.8) is 0 Å². The Labute approximate surface area is 347 Å². The molecule has 0 spiro atoms. The molecule has 0 saturated carbocycles. The van der Waals surface area contributed by atoms with E-state index >= 15 is 0 Å². The second-order valence-corrected chi connectivity index (χ2v) is 16.4. The monoisotopic (exact) mass is 788 g/mol. The first-order valence-electron chi connectivity index (χ1n) is 24.3. The Hall–Kier alpha value is -1.92. The van der Waals surface area contributed by atoms with Crippen molar-refractivity contribution >= 4 is 11.9 Å². The number of hydrogen-bond donors (Lipinski definition) is 3. The van der Waals surface area contributed by atoms with E-state index in [0.29, 0.717) is 19.4 Å². The highest BCUT2D eigenvalue weighted by Crippen LogP contribution is 2.14. The fraction of sp³-hybridized carbons (Fsp3) is 0.840. The zero-order chi connectivity index (χ0) is 40.8. The molecule has 2 atom stereocenters. The maximum atomic E-state index is 12.4. The lowest BCUT2D eigenvalue weighted by atomic mass is 10.0. The maximum absolute atomic E-state index is 12.4. The summed E-state index contributed by atoms with van der Waals surface area (Å²) in [6.45, 7) is 4.81. The van der Waals surface area contributed by atoms with E-state index in [-0.39, 0.29) is 18.5 Å². The summed E-state index contributed by atoms with van der Waals surface area (Å²) >= 11 is 0. The van der Waals surface area contributed by atoms with Gasteiger partial charge in [-0.15, -0.1) is 0 Å². The van der Waals surface area contributed by atoms with Crippen LogP contribution in [0.5, 0.6) is 0 Å². The van der Waals surface area contributed by atoms with Gasteiger partial charge < -0.3 is 20.3 Å². The topological polar surface area (TPSA) is 95.9 Å². The number of rotatable bonds is 44. The molecule has 0 aliphatic rings. The van der Waals surface area contributed by atoms with E-state index in [1.807, 2.05) is 6.08 Å². The number of aliphatic hydroxyl groups is 2. The van der Waals surface area contributed by atoms with Gasteiger partial charge in [-0.3, -0.25) is 9.59 Å². The Bertz CT molecular complexity index is 915. The third-order valence-corrected chi connectivity index (χ3v) is 10.9. The van der Waals surface area contributed by atoms with Crippen molar-refractivity contribution in [2.45, 2.75) is 257 Å². The van der Waals surface area contributed by atoms with Gasteiger partial charge in [0.2, 0.25) is 5.91 Å². The van der Waals surface area contributed by atoms with Crippen LogP contribution < -0.4 is 5.32 Å². The highest BCUT2D eigenvalue weighted by Gasteiger charge is 2.18. The molecule has 0 aliphatic carbocycles. The first kappa shape index (κ1) is 54.1. The van der Waals surface area contributed by atoms with Crippen molar-refractivity contribution in [1.29, 1.82) is 0 Å². The molecule has 1 amide bonds. The summed E-state index contributed by atoms with van der Waals surface area (Å²) in [5.74, 6) is -0.128. The van der Waals surface area contributed by atoms with E-state index in [9.17, 15) is 19.8 Å². The number of hydrogen-bond acceptors (Lipinski definition) is 5. The number of allylic oxidation sites excluding steroid dienone is 5. The van der Waals surface area contributed by atoms with Crippen molar-refractivity contribution in [2.75, 3.05) is 13.2 Å². The Morgan fingerprint density at radius 3 is 1.38 bits per heavy atom. The highest BCUT2D eigenvalue weighted by molar-refractivity contribution is 5.76. The molecular formula is C50H93NO5. The van der Waals surface area contributed by atoms with Crippen LogP contribution >= 0.6 is 0 Å². The molecule has 0 heterocycles. The predicted molar refractivity (Wildman–Crippen MR) is 241 cm³/mol. The molecule has 0 aliphatic heterocycles. The first-order chi connectivity index (χ1) is 27.5. The molecule has 6 nitrogen and oxygen atoms in total. The molecule has 328 valence electrons. The van der Waals surface area contributed by atoms with Crippen molar-refractivity contribution in [3.05, 3.63) is 36.5 Å². The van der Waals surface area contributed by atoms with E-state index in [4.69, 9.17) is 4.74 Å². The van der Waals surface area contributed by atoms with Crippen LogP contribution in [0.15, 0.2) is 36.5 Å². The molecule has 2 unspecified atom stereocenters. The molecule has 0 aromatic rings. The van der Waals surface area contributed by atoms with Gasteiger partial charge in [0.25, 0.3) is 0 Å². The predicted octanol–water partition coefficient (Wildman–Crippen LogP) is 14.1. The van der Waals surface area contributed by atoms with E-state index in [1.54, 1.807) is 6.08 Å². The highest BCUT2D eigenvalue weighted by atomic mass is 16.5. The van der Waals surface area contributed by atoms with Crippen molar-refractivity contribution in [3.8, 4) is 0 Å². The Morgan fingerprint density at radius 2 is 0.893 bits per heavy atom. The molecule has 0 radical (unpaired) electrons. The number of carbonyl (C=O) groups excluding carboxylic acids is 2. The quantitative estimate of drug-likeness (QED) is 0.0325. The first-order valence-corrected chi connectivity index (χ1v) is 24.3. The summed E-state index contributed by atoms with van der Waals surface area (Å²) in [7, 11) is 0. The number of unbranched alkanes of at least 4 members (excludes halogenated alkanes) is 29. The average molecular weight is 788 g/mol. The molecule has 0 aromatic heterocycles. The molecule has 0 fully saturated rings. The number of nitrogens with one attached hydrogen (secondary N) is 1. The fourth-order valence-corrected chi connectivity index (χ4v) is 7.13. The van der Waals surface area contributed by atoms with Crippen molar-refractivity contribution in [2.24, 2.45) is 0 Å². The Morgan fingerprint density at radius 1 is 0.500 bits per heavy atom. The number of ether oxygens (including phenoxy) is 1. The lowest BCUT2D eigenvalue weighted by Gasteiger charge is -2.20. The standard InChI is InChI=1S/C50H93NO5/c1-3-5-7-9-11-13-15-17-18-19-21-23-28-32-36-40-44-50(55)56-45-41-37-33-29-25-24-27-31-35-39-43-49(54)51-47(46-52)48(53)42-38-34-30-26-22-20-16-14-12-10-8-6-4-2/h13,15,18-19,38,42,47-48,52-53H,3-12,14,16-17,20-37,39-41,43-46H2,1-2H3,(H,51,54)/b15-13-,19-18-,42-38+. The van der Waals surface area contributed by atoms with Crippen LogP contribution in [0.3, 0.4) is 0 Å². The molecular weight excluding hydrogens is 695 g/mol. The Balaban J connectivity index is 3.53. The molecule has 0 aromatic carbocycles. The van der Waals surface area contributed by atoms with E-state index in [0.717, 1.165) is 70.6 Å². The second-order valence-electron chi connectivity index (χ2n) is 16.4. The van der Waals surface area contributed by atoms with Gasteiger partial charge in [-0.1, -0.05) is 204 Å². The van der Waals surface area contributed by atoms with Gasteiger partial charge in [0.15, 0.2) is 0 Å². The van der Waals surface area contributed by atoms with Crippen LogP contribution in [-0.2, 0) is 14.3 Å². The minimum absolute atomic E-state index is 0.0352. The fourth-order valence-electron chi connectivity index (χ4n) is 7.13. The van der Waals surface area contributed by atoms with E-state index in [1.165, 1.54) is 148 Å². The SMILES string of the molecule is CCCCCC/C=C\C/C=C\CCCCCCCC(=O)OCCCCCCCCCCCCC(=O)NC(CO)C(O)/C=C/CCCCCCCCCCCCC. The summed E-state index contributed by atoms with van der Waals surface area (Å²) in [5.41, 5.74) is 0. The van der Waals surface area contributed by atoms with Crippen molar-refractivity contribution < 1.29 is 24.5 Å². The van der Waals surface area contributed by atoms with Gasteiger partial charge in [-0.25, -0.2) is 0 Å². The van der Waals surface area contributed by atoms with Gasteiger partial charge in [-0.2, -0.15) is 0 Å². The second kappa shape index (κ2) is 45.8. The van der Waals surface area contributed by atoms with Crippen LogP contribution in [0.25, 0.3) is 0 Å². The van der Waals surface area contributed by atoms with E-state index in [2.05, 4.69) is 43.5 Å². The maximum Gasteiger partial charge on any atom is 0.305 e. The van der Waals surface area contributed by atoms with Gasteiger partial charge >= 0.3 is 5.97 Å². The number of carbonyl (C=O) groups is 2. The zero-order valence-corrected chi connectivity index (χ0v) is 37.1. The third kappa shape index (κ3) is 41.7. The molecule has 0 rings (SSSR count). The van der Waals surface area contributed by atoms with Crippen LogP contribution in [0.1, 0.15) is 245 Å². The molecule has 56 heavy (non-hydrogen) atoms. The van der Waals surface area contributed by atoms with Crippen LogP contribution in [-0.4, -0.2) is 47.4 Å². The molecule has 3 N–H and O–H groups in total. The molecule has 0 saturated heterocycles. The van der Waals surface area contributed by atoms with Gasteiger partial charge in [-0.05, 0) is 64.2 Å². The minimum Gasteiger partial charge on any atom is -0.466 e. The third-order valence-electron chi connectivity index (χ3n) is 10.9. The number of amides is 1. The van der Waals surface area contributed by atoms with Crippen LogP contribution in [0.4, 0.5) is 0 Å². The lowest BCUT2D eigenvalue weighted by Crippen LogP contribution is -2.45. The number of aliphatic hydroxyl groups excluding tert-OH is 2. The summed E-state index contributed by atoms with van der Waals surface area (Å²) in [4.78, 5) is 24.4. The van der Waals surface area contributed by atoms with Crippen molar-refractivity contribution in [1.82, 2.24) is 5.32 Å². The smallest absolute Gasteiger partial charge is 0.305 e.